The minimum Gasteiger partial charge on any atom is -0.469 e. The van der Waals surface area contributed by atoms with E-state index in [0.29, 0.717) is 12.6 Å². The molecule has 0 aromatic heterocycles. The number of rotatable bonds is 5. The number of nitrogens with one attached hydrogen (secondary N) is 1. The molecule has 5 nitrogen and oxygen atoms in total. The van der Waals surface area contributed by atoms with Crippen LogP contribution < -0.4 is 5.32 Å². The van der Waals surface area contributed by atoms with Gasteiger partial charge in [0.1, 0.15) is 0 Å². The molecule has 1 saturated carbocycles. The maximum Gasteiger partial charge on any atom is 0.308 e. The minimum absolute atomic E-state index is 0.0705. The summed E-state index contributed by atoms with van der Waals surface area (Å²) >= 11 is 0. The van der Waals surface area contributed by atoms with E-state index in [0.717, 1.165) is 38.6 Å². The number of methoxy groups -OCH3 is 2. The lowest BCUT2D eigenvalue weighted by molar-refractivity contribution is -0.147. The Kier molecular flexibility index (Phi) is 5.60. The Morgan fingerprint density at radius 1 is 1.16 bits per heavy atom. The second kappa shape index (κ2) is 7.22. The number of esters is 1. The van der Waals surface area contributed by atoms with Crippen molar-refractivity contribution in [2.75, 3.05) is 27.4 Å². The van der Waals surface area contributed by atoms with Crippen molar-refractivity contribution in [3.05, 3.63) is 0 Å². The predicted octanol–water partition coefficient (Wildman–Crippen LogP) is 1.11. The molecule has 19 heavy (non-hydrogen) atoms. The van der Waals surface area contributed by atoms with Gasteiger partial charge in [-0.1, -0.05) is 0 Å². The van der Waals surface area contributed by atoms with Crippen molar-refractivity contribution in [3.63, 3.8) is 0 Å². The molecular formula is C14H25NO4. The SMILES string of the molecule is COC(=O)C1CCC(OC[C@H]2NCC[C@@H]2OC)CC1. The third-order valence-corrected chi connectivity index (χ3v) is 4.31. The van der Waals surface area contributed by atoms with E-state index in [2.05, 4.69) is 5.32 Å². The molecule has 1 aliphatic carbocycles. The molecule has 2 fully saturated rings. The normalized spacial score (nSPS) is 35.3. The van der Waals surface area contributed by atoms with Crippen molar-refractivity contribution in [1.29, 1.82) is 0 Å². The Morgan fingerprint density at radius 3 is 2.53 bits per heavy atom. The van der Waals surface area contributed by atoms with Crippen LogP contribution in [0, 0.1) is 5.92 Å². The summed E-state index contributed by atoms with van der Waals surface area (Å²) in [6.07, 6.45) is 5.26. The number of ether oxygens (including phenoxy) is 3. The maximum absolute atomic E-state index is 11.4. The maximum atomic E-state index is 11.4. The fourth-order valence-corrected chi connectivity index (χ4v) is 3.06. The molecule has 0 amide bonds. The topological polar surface area (TPSA) is 56.8 Å². The van der Waals surface area contributed by atoms with Gasteiger partial charge < -0.3 is 19.5 Å². The van der Waals surface area contributed by atoms with E-state index >= 15 is 0 Å². The zero-order chi connectivity index (χ0) is 13.7. The largest absolute Gasteiger partial charge is 0.469 e. The van der Waals surface area contributed by atoms with Gasteiger partial charge >= 0.3 is 5.97 Å². The summed E-state index contributed by atoms with van der Waals surface area (Å²) in [6, 6.07) is 0.309. The molecule has 0 aromatic rings. The average Bonchev–Trinajstić information content (AvgIpc) is 2.92. The molecule has 0 spiro atoms. The summed E-state index contributed by atoms with van der Waals surface area (Å²) in [5, 5.41) is 3.41. The summed E-state index contributed by atoms with van der Waals surface area (Å²) in [7, 11) is 3.22. The first kappa shape index (κ1) is 14.8. The first-order chi connectivity index (χ1) is 9.24. The Labute approximate surface area is 115 Å². The van der Waals surface area contributed by atoms with Crippen molar-refractivity contribution < 1.29 is 19.0 Å². The average molecular weight is 271 g/mol. The first-order valence-corrected chi connectivity index (χ1v) is 7.20. The van der Waals surface area contributed by atoms with Crippen LogP contribution in [0.15, 0.2) is 0 Å². The molecular weight excluding hydrogens is 246 g/mol. The van der Waals surface area contributed by atoms with Gasteiger partial charge in [0.05, 0.1) is 37.9 Å². The van der Waals surface area contributed by atoms with Crippen LogP contribution in [0.5, 0.6) is 0 Å². The molecule has 110 valence electrons. The molecule has 0 aromatic carbocycles. The summed E-state index contributed by atoms with van der Waals surface area (Å²) in [6.45, 7) is 1.70. The van der Waals surface area contributed by atoms with Gasteiger partial charge in [-0.2, -0.15) is 0 Å². The minimum atomic E-state index is -0.0737. The highest BCUT2D eigenvalue weighted by molar-refractivity contribution is 5.72. The van der Waals surface area contributed by atoms with Gasteiger partial charge in [-0.3, -0.25) is 4.79 Å². The van der Waals surface area contributed by atoms with Gasteiger partial charge in [-0.15, -0.1) is 0 Å². The second-order valence-electron chi connectivity index (χ2n) is 5.45. The van der Waals surface area contributed by atoms with Gasteiger partial charge in [0.25, 0.3) is 0 Å². The highest BCUT2D eigenvalue weighted by Gasteiger charge is 2.30. The molecule has 1 saturated heterocycles. The van der Waals surface area contributed by atoms with Crippen LogP contribution in [-0.4, -0.2) is 51.6 Å². The van der Waals surface area contributed by atoms with Crippen molar-refractivity contribution in [2.45, 2.75) is 50.4 Å². The van der Waals surface area contributed by atoms with Gasteiger partial charge in [0.15, 0.2) is 0 Å². The zero-order valence-electron chi connectivity index (χ0n) is 11.9. The number of hydrogen-bond acceptors (Lipinski definition) is 5. The number of carbonyl (C=O) groups is 1. The highest BCUT2D eigenvalue weighted by Crippen LogP contribution is 2.27. The van der Waals surface area contributed by atoms with Crippen LogP contribution in [-0.2, 0) is 19.0 Å². The summed E-state index contributed by atoms with van der Waals surface area (Å²) in [5.74, 6) is -0.00321. The van der Waals surface area contributed by atoms with E-state index in [-0.39, 0.29) is 24.1 Å². The predicted molar refractivity (Wildman–Crippen MR) is 70.9 cm³/mol. The number of hydrogen-bond donors (Lipinski definition) is 1. The van der Waals surface area contributed by atoms with Crippen LogP contribution in [0.4, 0.5) is 0 Å². The van der Waals surface area contributed by atoms with Crippen LogP contribution in [0.25, 0.3) is 0 Å². The Morgan fingerprint density at radius 2 is 1.89 bits per heavy atom. The summed E-state index contributed by atoms with van der Waals surface area (Å²) in [4.78, 5) is 11.4. The van der Waals surface area contributed by atoms with Crippen molar-refractivity contribution in [2.24, 2.45) is 5.92 Å². The van der Waals surface area contributed by atoms with Crippen molar-refractivity contribution in [3.8, 4) is 0 Å². The monoisotopic (exact) mass is 271 g/mol. The molecule has 2 rings (SSSR count). The van der Waals surface area contributed by atoms with E-state index in [1.54, 1.807) is 7.11 Å². The molecule has 5 heteroatoms. The number of carbonyl (C=O) groups excluding carboxylic acids is 1. The fourth-order valence-electron chi connectivity index (χ4n) is 3.06. The molecule has 1 aliphatic heterocycles. The van der Waals surface area contributed by atoms with Crippen LogP contribution in [0.1, 0.15) is 32.1 Å². The van der Waals surface area contributed by atoms with Crippen molar-refractivity contribution in [1.82, 2.24) is 5.32 Å². The van der Waals surface area contributed by atoms with Gasteiger partial charge in [0.2, 0.25) is 0 Å². The van der Waals surface area contributed by atoms with Crippen LogP contribution in [0.2, 0.25) is 0 Å². The lowest BCUT2D eigenvalue weighted by Crippen LogP contribution is -2.38. The lowest BCUT2D eigenvalue weighted by atomic mass is 9.87. The van der Waals surface area contributed by atoms with Gasteiger partial charge in [0, 0.05) is 7.11 Å². The second-order valence-corrected chi connectivity index (χ2v) is 5.45. The van der Waals surface area contributed by atoms with E-state index in [1.165, 1.54) is 7.11 Å². The quantitative estimate of drug-likeness (QED) is 0.759. The zero-order valence-corrected chi connectivity index (χ0v) is 11.9. The van der Waals surface area contributed by atoms with E-state index in [1.807, 2.05) is 0 Å². The van der Waals surface area contributed by atoms with E-state index in [9.17, 15) is 4.79 Å². The van der Waals surface area contributed by atoms with E-state index < -0.39 is 0 Å². The third kappa shape index (κ3) is 3.91. The Hall–Kier alpha value is -0.650. The van der Waals surface area contributed by atoms with Gasteiger partial charge in [-0.25, -0.2) is 0 Å². The standard InChI is InChI=1S/C14H25NO4/c1-17-13-7-8-15-12(13)9-19-11-5-3-10(4-6-11)14(16)18-2/h10-13,15H,3-9H2,1-2H3/t10?,11?,12-,13+/m1/s1. The van der Waals surface area contributed by atoms with Crippen molar-refractivity contribution >= 4 is 5.97 Å². The summed E-state index contributed by atoms with van der Waals surface area (Å²) in [5.41, 5.74) is 0. The molecule has 0 bridgehead atoms. The molecule has 0 radical (unpaired) electrons. The molecule has 0 unspecified atom stereocenters. The summed E-state index contributed by atoms with van der Waals surface area (Å²) < 4.78 is 16.2. The smallest absolute Gasteiger partial charge is 0.308 e. The highest BCUT2D eigenvalue weighted by atomic mass is 16.5. The first-order valence-electron chi connectivity index (χ1n) is 7.20. The third-order valence-electron chi connectivity index (χ3n) is 4.31. The lowest BCUT2D eigenvalue weighted by Gasteiger charge is -2.28. The van der Waals surface area contributed by atoms with Gasteiger partial charge in [-0.05, 0) is 38.6 Å². The molecule has 2 atom stereocenters. The molecule has 1 heterocycles. The van der Waals surface area contributed by atoms with Crippen LogP contribution >= 0.6 is 0 Å². The van der Waals surface area contributed by atoms with Crippen LogP contribution in [0.3, 0.4) is 0 Å². The molecule has 2 aliphatic rings. The Balaban J connectivity index is 1.67. The molecule has 1 N–H and O–H groups in total. The van der Waals surface area contributed by atoms with E-state index in [4.69, 9.17) is 14.2 Å². The Bertz CT molecular complexity index is 289. The fraction of sp³-hybridized carbons (Fsp3) is 0.929.